The average Bonchev–Trinajstić information content (AvgIpc) is 2.75. The smallest absolute Gasteiger partial charge is 0.252 e. The third-order valence-electron chi connectivity index (χ3n) is 2.37. The fourth-order valence-corrected chi connectivity index (χ4v) is 4.61. The summed E-state index contributed by atoms with van der Waals surface area (Å²) in [7, 11) is -3.64. The summed E-state index contributed by atoms with van der Waals surface area (Å²) in [5.41, 5.74) is 0. The molecule has 0 saturated carbocycles. The van der Waals surface area contributed by atoms with Crippen LogP contribution >= 0.6 is 22.9 Å². The van der Waals surface area contributed by atoms with Crippen LogP contribution in [0.2, 0.25) is 4.34 Å². The Kier molecular flexibility index (Phi) is 3.26. The zero-order chi connectivity index (χ0) is 11.9. The molecule has 1 aromatic heterocycles. The standard InChI is InChI=1S/C8H10ClNO4S2/c9-7-1-2-8(15-7)16(13,14)10-3-5(11)6(12)4-10/h1-2,5-6,11-12H,3-4H2. The lowest BCUT2D eigenvalue weighted by Gasteiger charge is -2.13. The molecule has 2 N–H and O–H groups in total. The molecule has 1 saturated heterocycles. The highest BCUT2D eigenvalue weighted by Crippen LogP contribution is 2.29. The van der Waals surface area contributed by atoms with Crippen LogP contribution in [0.1, 0.15) is 0 Å². The average molecular weight is 284 g/mol. The first-order valence-corrected chi connectivity index (χ1v) is 7.16. The van der Waals surface area contributed by atoms with E-state index in [-0.39, 0.29) is 17.3 Å². The maximum atomic E-state index is 12.0. The molecule has 5 nitrogen and oxygen atoms in total. The molecule has 2 atom stereocenters. The van der Waals surface area contributed by atoms with Gasteiger partial charge in [-0.1, -0.05) is 11.6 Å². The molecule has 2 unspecified atom stereocenters. The minimum atomic E-state index is -3.64. The molecule has 0 amide bonds. The Hall–Kier alpha value is -0.180. The topological polar surface area (TPSA) is 77.8 Å². The lowest BCUT2D eigenvalue weighted by molar-refractivity contribution is 0.0572. The summed E-state index contributed by atoms with van der Waals surface area (Å²) in [6.45, 7) is -0.169. The van der Waals surface area contributed by atoms with Crippen LogP contribution in [-0.4, -0.2) is 48.2 Å². The Balaban J connectivity index is 2.27. The van der Waals surface area contributed by atoms with Crippen molar-refractivity contribution in [3.05, 3.63) is 16.5 Å². The van der Waals surface area contributed by atoms with Gasteiger partial charge >= 0.3 is 0 Å². The summed E-state index contributed by atoms with van der Waals surface area (Å²) in [4.78, 5) is 0. The van der Waals surface area contributed by atoms with Crippen LogP contribution in [0.5, 0.6) is 0 Å². The number of nitrogens with zero attached hydrogens (tertiary/aromatic N) is 1. The van der Waals surface area contributed by atoms with E-state index in [2.05, 4.69) is 0 Å². The maximum Gasteiger partial charge on any atom is 0.252 e. The number of rotatable bonds is 2. The SMILES string of the molecule is O=S(=O)(c1ccc(Cl)s1)N1CC(O)C(O)C1. The third kappa shape index (κ3) is 2.11. The predicted octanol–water partition coefficient (Wildman–Crippen LogP) is 0.128. The predicted molar refractivity (Wildman–Crippen MR) is 60.1 cm³/mol. The monoisotopic (exact) mass is 283 g/mol. The van der Waals surface area contributed by atoms with Crippen LogP contribution in [0.3, 0.4) is 0 Å². The number of aliphatic hydroxyl groups is 2. The zero-order valence-electron chi connectivity index (χ0n) is 8.08. The van der Waals surface area contributed by atoms with Crippen LogP contribution in [0.25, 0.3) is 0 Å². The highest BCUT2D eigenvalue weighted by molar-refractivity contribution is 7.91. The van der Waals surface area contributed by atoms with E-state index in [1.54, 1.807) is 0 Å². The van der Waals surface area contributed by atoms with Crippen molar-refractivity contribution in [3.63, 3.8) is 0 Å². The van der Waals surface area contributed by atoms with Gasteiger partial charge in [0.25, 0.3) is 10.0 Å². The largest absolute Gasteiger partial charge is 0.389 e. The normalized spacial score (nSPS) is 27.4. The van der Waals surface area contributed by atoms with Gasteiger partial charge in [0.05, 0.1) is 16.5 Å². The van der Waals surface area contributed by atoms with Crippen molar-refractivity contribution in [1.29, 1.82) is 0 Å². The van der Waals surface area contributed by atoms with Crippen LogP contribution in [0.4, 0.5) is 0 Å². The molecule has 2 rings (SSSR count). The Morgan fingerprint density at radius 2 is 1.88 bits per heavy atom. The van der Waals surface area contributed by atoms with E-state index >= 15 is 0 Å². The van der Waals surface area contributed by atoms with Crippen LogP contribution in [-0.2, 0) is 10.0 Å². The Bertz CT molecular complexity index is 476. The number of β-amino-alcohol motifs (C(OH)–C–C–N with tert-alkyl or cyclic N) is 2. The lowest BCUT2D eigenvalue weighted by Crippen LogP contribution is -2.29. The number of thiophene rings is 1. The van der Waals surface area contributed by atoms with E-state index in [0.29, 0.717) is 4.34 Å². The fraction of sp³-hybridized carbons (Fsp3) is 0.500. The molecule has 0 aliphatic carbocycles. The molecule has 0 aromatic carbocycles. The van der Waals surface area contributed by atoms with Crippen LogP contribution in [0.15, 0.2) is 16.3 Å². The number of hydrogen-bond donors (Lipinski definition) is 2. The van der Waals surface area contributed by atoms with Gasteiger partial charge in [-0.25, -0.2) is 8.42 Å². The Morgan fingerprint density at radius 3 is 2.31 bits per heavy atom. The van der Waals surface area contributed by atoms with E-state index in [1.807, 2.05) is 0 Å². The molecule has 8 heteroatoms. The molecule has 0 spiro atoms. The molecule has 1 aliphatic heterocycles. The molecular formula is C8H10ClNO4S2. The molecule has 1 fully saturated rings. The zero-order valence-corrected chi connectivity index (χ0v) is 10.5. The van der Waals surface area contributed by atoms with E-state index < -0.39 is 22.2 Å². The molecule has 1 aliphatic rings. The van der Waals surface area contributed by atoms with Gasteiger partial charge in [-0.2, -0.15) is 4.31 Å². The molecular weight excluding hydrogens is 274 g/mol. The van der Waals surface area contributed by atoms with Gasteiger partial charge in [-0.3, -0.25) is 0 Å². The van der Waals surface area contributed by atoms with Crippen molar-refractivity contribution in [2.75, 3.05) is 13.1 Å². The Morgan fingerprint density at radius 1 is 1.31 bits per heavy atom. The number of halogens is 1. The molecule has 0 bridgehead atoms. The number of sulfonamides is 1. The second-order valence-corrected chi connectivity index (χ2v) is 7.40. The number of hydrogen-bond acceptors (Lipinski definition) is 5. The highest BCUT2D eigenvalue weighted by Gasteiger charge is 2.38. The second kappa shape index (κ2) is 4.25. The molecule has 2 heterocycles. The van der Waals surface area contributed by atoms with Crippen molar-refractivity contribution >= 4 is 33.0 Å². The van der Waals surface area contributed by atoms with Gasteiger partial charge < -0.3 is 10.2 Å². The van der Waals surface area contributed by atoms with Crippen LogP contribution < -0.4 is 0 Å². The molecule has 1 aromatic rings. The van der Waals surface area contributed by atoms with E-state index in [0.717, 1.165) is 15.6 Å². The van der Waals surface area contributed by atoms with Crippen molar-refractivity contribution in [2.24, 2.45) is 0 Å². The molecule has 16 heavy (non-hydrogen) atoms. The summed E-state index contributed by atoms with van der Waals surface area (Å²) >= 11 is 6.62. The van der Waals surface area contributed by atoms with E-state index in [4.69, 9.17) is 11.6 Å². The van der Waals surface area contributed by atoms with Gasteiger partial charge in [0.2, 0.25) is 0 Å². The van der Waals surface area contributed by atoms with Gasteiger partial charge in [0, 0.05) is 13.1 Å². The number of aliphatic hydroxyl groups excluding tert-OH is 2. The summed E-state index contributed by atoms with van der Waals surface area (Å²) in [5, 5.41) is 18.6. The fourth-order valence-electron chi connectivity index (χ4n) is 1.49. The lowest BCUT2D eigenvalue weighted by atomic mass is 10.3. The van der Waals surface area contributed by atoms with Crippen molar-refractivity contribution < 1.29 is 18.6 Å². The summed E-state index contributed by atoms with van der Waals surface area (Å²) < 4.78 is 25.6. The summed E-state index contributed by atoms with van der Waals surface area (Å²) in [6.07, 6.45) is -2.05. The minimum Gasteiger partial charge on any atom is -0.389 e. The van der Waals surface area contributed by atoms with Crippen molar-refractivity contribution in [3.8, 4) is 0 Å². The molecule has 90 valence electrons. The quantitative estimate of drug-likeness (QED) is 0.809. The second-order valence-electron chi connectivity index (χ2n) is 3.52. The van der Waals surface area contributed by atoms with E-state index in [1.165, 1.54) is 12.1 Å². The van der Waals surface area contributed by atoms with Crippen LogP contribution in [0, 0.1) is 0 Å². The molecule has 0 radical (unpaired) electrons. The van der Waals surface area contributed by atoms with E-state index in [9.17, 15) is 18.6 Å². The first-order chi connectivity index (χ1) is 7.41. The van der Waals surface area contributed by atoms with Gasteiger partial charge in [-0.15, -0.1) is 11.3 Å². The first kappa shape index (κ1) is 12.3. The first-order valence-electron chi connectivity index (χ1n) is 4.53. The summed E-state index contributed by atoms with van der Waals surface area (Å²) in [6, 6.07) is 2.92. The highest BCUT2D eigenvalue weighted by atomic mass is 35.5. The Labute approximate surface area is 102 Å². The maximum absolute atomic E-state index is 12.0. The van der Waals surface area contributed by atoms with Crippen molar-refractivity contribution in [2.45, 2.75) is 16.4 Å². The van der Waals surface area contributed by atoms with Gasteiger partial charge in [0.15, 0.2) is 0 Å². The third-order valence-corrected chi connectivity index (χ3v) is 5.90. The van der Waals surface area contributed by atoms with Gasteiger partial charge in [-0.05, 0) is 12.1 Å². The van der Waals surface area contributed by atoms with Crippen molar-refractivity contribution in [1.82, 2.24) is 4.31 Å². The summed E-state index contributed by atoms with van der Waals surface area (Å²) in [5.74, 6) is 0. The minimum absolute atomic E-state index is 0.0843. The van der Waals surface area contributed by atoms with Gasteiger partial charge in [0.1, 0.15) is 4.21 Å².